The Balaban J connectivity index is 1.78. The van der Waals surface area contributed by atoms with Gasteiger partial charge in [-0.2, -0.15) is 0 Å². The molecule has 0 aliphatic heterocycles. The Hall–Kier alpha value is -0.820. The third kappa shape index (κ3) is 2.21. The highest BCUT2D eigenvalue weighted by Gasteiger charge is 2.36. The van der Waals surface area contributed by atoms with Crippen LogP contribution in [0.4, 0.5) is 0 Å². The Bertz CT molecular complexity index is 394. The van der Waals surface area contributed by atoms with Crippen LogP contribution in [-0.2, 0) is 6.42 Å². The molecule has 0 radical (unpaired) electrons. The summed E-state index contributed by atoms with van der Waals surface area (Å²) in [5, 5.41) is 3.85. The normalized spacial score (nSPS) is 24.6. The lowest BCUT2D eigenvalue weighted by atomic mass is 9.73. The van der Waals surface area contributed by atoms with Crippen molar-refractivity contribution < 1.29 is 0 Å². The smallest absolute Gasteiger partial charge is 0.0164 e. The molecule has 3 rings (SSSR count). The Morgan fingerprint density at radius 3 is 2.78 bits per heavy atom. The molecule has 18 heavy (non-hydrogen) atoms. The molecule has 0 spiro atoms. The Labute approximate surface area is 111 Å². The molecule has 1 nitrogen and oxygen atoms in total. The minimum atomic E-state index is 0.738. The number of aryl methyl sites for hydroxylation is 1. The largest absolute Gasteiger partial charge is 0.313 e. The molecule has 1 fully saturated rings. The van der Waals surface area contributed by atoms with Crippen molar-refractivity contribution in [2.24, 2.45) is 5.92 Å². The van der Waals surface area contributed by atoms with Crippen molar-refractivity contribution in [2.45, 2.75) is 57.4 Å². The van der Waals surface area contributed by atoms with Gasteiger partial charge in [-0.25, -0.2) is 0 Å². The van der Waals surface area contributed by atoms with Gasteiger partial charge in [0.15, 0.2) is 0 Å². The highest BCUT2D eigenvalue weighted by Crippen LogP contribution is 2.42. The summed E-state index contributed by atoms with van der Waals surface area (Å²) in [6, 6.07) is 9.84. The van der Waals surface area contributed by atoms with Gasteiger partial charge in [-0.1, -0.05) is 37.6 Å². The summed E-state index contributed by atoms with van der Waals surface area (Å²) in [6.45, 7) is 3.45. The first-order valence-electron chi connectivity index (χ1n) is 7.71. The predicted molar refractivity (Wildman–Crippen MR) is 76.9 cm³/mol. The summed E-state index contributed by atoms with van der Waals surface area (Å²) >= 11 is 0. The first-order chi connectivity index (χ1) is 8.90. The molecule has 0 heterocycles. The zero-order chi connectivity index (χ0) is 12.4. The van der Waals surface area contributed by atoms with E-state index in [0.29, 0.717) is 0 Å². The maximum absolute atomic E-state index is 3.85. The van der Waals surface area contributed by atoms with Gasteiger partial charge in [0.2, 0.25) is 0 Å². The lowest BCUT2D eigenvalue weighted by Crippen LogP contribution is -2.43. The monoisotopic (exact) mass is 243 g/mol. The van der Waals surface area contributed by atoms with E-state index in [1.807, 2.05) is 0 Å². The average Bonchev–Trinajstić information content (AvgIpc) is 2.76. The Morgan fingerprint density at radius 2 is 2.06 bits per heavy atom. The van der Waals surface area contributed by atoms with Crippen molar-refractivity contribution in [2.75, 3.05) is 6.54 Å². The number of fused-ring (bicyclic) bond motifs is 1. The van der Waals surface area contributed by atoms with Gasteiger partial charge in [0.25, 0.3) is 0 Å². The van der Waals surface area contributed by atoms with E-state index >= 15 is 0 Å². The second kappa shape index (κ2) is 5.44. The van der Waals surface area contributed by atoms with Gasteiger partial charge in [-0.15, -0.1) is 0 Å². The van der Waals surface area contributed by atoms with Gasteiger partial charge in [0.05, 0.1) is 0 Å². The van der Waals surface area contributed by atoms with E-state index in [1.165, 1.54) is 45.1 Å². The number of rotatable bonds is 5. The summed E-state index contributed by atoms with van der Waals surface area (Å²) in [7, 11) is 0. The van der Waals surface area contributed by atoms with Crippen molar-refractivity contribution in [3.05, 3.63) is 35.4 Å². The average molecular weight is 243 g/mol. The van der Waals surface area contributed by atoms with E-state index in [0.717, 1.165) is 17.9 Å². The third-order valence-electron chi connectivity index (χ3n) is 4.90. The van der Waals surface area contributed by atoms with Crippen LogP contribution in [-0.4, -0.2) is 12.6 Å². The molecule has 2 aliphatic carbocycles. The molecule has 98 valence electrons. The molecule has 0 amide bonds. The van der Waals surface area contributed by atoms with Crippen molar-refractivity contribution in [3.8, 4) is 0 Å². The minimum absolute atomic E-state index is 0.738. The van der Waals surface area contributed by atoms with Crippen molar-refractivity contribution in [1.29, 1.82) is 0 Å². The van der Waals surface area contributed by atoms with Gasteiger partial charge >= 0.3 is 0 Å². The number of nitrogens with one attached hydrogen (secondary N) is 1. The second-order valence-corrected chi connectivity index (χ2v) is 6.01. The van der Waals surface area contributed by atoms with Crippen LogP contribution in [0.1, 0.15) is 56.1 Å². The zero-order valence-corrected chi connectivity index (χ0v) is 11.5. The van der Waals surface area contributed by atoms with Crippen LogP contribution < -0.4 is 5.32 Å². The molecule has 1 aromatic carbocycles. The summed E-state index contributed by atoms with van der Waals surface area (Å²) in [5.41, 5.74) is 3.24. The molecule has 1 aromatic rings. The van der Waals surface area contributed by atoms with Gasteiger partial charge < -0.3 is 5.32 Å². The van der Waals surface area contributed by atoms with Crippen LogP contribution in [0, 0.1) is 5.92 Å². The van der Waals surface area contributed by atoms with Crippen molar-refractivity contribution in [3.63, 3.8) is 0 Å². The number of hydrogen-bond donors (Lipinski definition) is 1. The first-order valence-corrected chi connectivity index (χ1v) is 7.71. The molecule has 0 saturated heterocycles. The molecule has 1 heteroatoms. The highest BCUT2D eigenvalue weighted by molar-refractivity contribution is 5.36. The lowest BCUT2D eigenvalue weighted by Gasteiger charge is -2.38. The Morgan fingerprint density at radius 1 is 1.22 bits per heavy atom. The quantitative estimate of drug-likeness (QED) is 0.827. The topological polar surface area (TPSA) is 12.0 Å². The molecule has 0 bridgehead atoms. The maximum Gasteiger partial charge on any atom is 0.0164 e. The highest BCUT2D eigenvalue weighted by atomic mass is 14.9. The summed E-state index contributed by atoms with van der Waals surface area (Å²) < 4.78 is 0. The number of hydrogen-bond acceptors (Lipinski definition) is 1. The van der Waals surface area contributed by atoms with Crippen molar-refractivity contribution >= 4 is 0 Å². The first kappa shape index (κ1) is 12.2. The summed E-state index contributed by atoms with van der Waals surface area (Å²) in [6.07, 6.45) is 8.23. The fourth-order valence-electron chi connectivity index (χ4n) is 3.71. The standard InChI is InChI=1S/C17H25N/c1-2-12-18-17(14-7-5-8-14)16-11-10-13-6-3-4-9-15(13)16/h3-4,6,9,14,16-18H,2,5,7-8,10-12H2,1H3. The van der Waals surface area contributed by atoms with Gasteiger partial charge in [-0.05, 0) is 55.7 Å². The summed E-state index contributed by atoms with van der Waals surface area (Å²) in [4.78, 5) is 0. The molecule has 2 aliphatic rings. The lowest BCUT2D eigenvalue weighted by molar-refractivity contribution is 0.202. The Kier molecular flexibility index (Phi) is 3.69. The fourth-order valence-corrected chi connectivity index (χ4v) is 3.71. The molecule has 1 saturated carbocycles. The zero-order valence-electron chi connectivity index (χ0n) is 11.5. The van der Waals surface area contributed by atoms with E-state index in [9.17, 15) is 0 Å². The molecule has 0 aromatic heterocycles. The third-order valence-corrected chi connectivity index (χ3v) is 4.90. The van der Waals surface area contributed by atoms with E-state index in [-0.39, 0.29) is 0 Å². The summed E-state index contributed by atoms with van der Waals surface area (Å²) in [5.74, 6) is 1.71. The van der Waals surface area contributed by atoms with Crippen LogP contribution in [0.3, 0.4) is 0 Å². The van der Waals surface area contributed by atoms with Gasteiger partial charge in [-0.3, -0.25) is 0 Å². The fraction of sp³-hybridized carbons (Fsp3) is 0.647. The molecular weight excluding hydrogens is 218 g/mol. The number of benzene rings is 1. The molecule has 1 N–H and O–H groups in total. The van der Waals surface area contributed by atoms with E-state index < -0.39 is 0 Å². The van der Waals surface area contributed by atoms with Crippen LogP contribution in [0.2, 0.25) is 0 Å². The van der Waals surface area contributed by atoms with E-state index in [1.54, 1.807) is 11.1 Å². The SMILES string of the molecule is CCCNC(C1CCC1)C1CCc2ccccc21. The van der Waals surface area contributed by atoms with Gasteiger partial charge in [0.1, 0.15) is 0 Å². The van der Waals surface area contributed by atoms with E-state index in [2.05, 4.69) is 36.5 Å². The molecule has 2 atom stereocenters. The second-order valence-electron chi connectivity index (χ2n) is 6.01. The molecular formula is C17H25N. The van der Waals surface area contributed by atoms with Crippen LogP contribution in [0.15, 0.2) is 24.3 Å². The van der Waals surface area contributed by atoms with Crippen LogP contribution in [0.25, 0.3) is 0 Å². The van der Waals surface area contributed by atoms with E-state index in [4.69, 9.17) is 0 Å². The predicted octanol–water partition coefficient (Wildman–Crippen LogP) is 3.88. The van der Waals surface area contributed by atoms with Gasteiger partial charge in [0, 0.05) is 12.0 Å². The molecule has 2 unspecified atom stereocenters. The van der Waals surface area contributed by atoms with Crippen LogP contribution in [0.5, 0.6) is 0 Å². The van der Waals surface area contributed by atoms with Crippen molar-refractivity contribution in [1.82, 2.24) is 5.32 Å². The minimum Gasteiger partial charge on any atom is -0.313 e. The maximum atomic E-state index is 3.85. The van der Waals surface area contributed by atoms with Crippen LogP contribution >= 0.6 is 0 Å².